The van der Waals surface area contributed by atoms with Gasteiger partial charge in [0.25, 0.3) is 0 Å². The van der Waals surface area contributed by atoms with Crippen LogP contribution in [0.15, 0.2) is 103 Å². The van der Waals surface area contributed by atoms with E-state index in [0.717, 1.165) is 4.46 Å². The first kappa shape index (κ1) is 17.9. The zero-order chi connectivity index (χ0) is 18.4. The summed E-state index contributed by atoms with van der Waals surface area (Å²) < 4.78 is 1.33. The van der Waals surface area contributed by atoms with Crippen molar-refractivity contribution < 1.29 is 9.59 Å². The molecule has 0 radical (unpaired) electrons. The van der Waals surface area contributed by atoms with Gasteiger partial charge in [-0.25, -0.2) is 0 Å². The van der Waals surface area contributed by atoms with Crippen LogP contribution in [0.2, 0.25) is 0 Å². The molecule has 0 amide bonds. The van der Waals surface area contributed by atoms with Gasteiger partial charge in [-0.15, -0.1) is 0 Å². The van der Waals surface area contributed by atoms with Crippen molar-refractivity contribution in [1.82, 2.24) is 0 Å². The standard InChI is InChI=1S/C23H18O2Se/c1-2-26(20-16-10-5-11-17-20)23(21(24)18-12-6-3-7-13-18)22(25)19-14-8-4-9-15-19/h2-17H,1H2. The first-order chi connectivity index (χ1) is 12.7. The molecule has 0 saturated carbocycles. The Bertz CT molecular complexity index is 905. The second-order valence-corrected chi connectivity index (χ2v) is 9.50. The Balaban J connectivity index is 2.22. The van der Waals surface area contributed by atoms with Crippen LogP contribution in [0, 0.1) is 0 Å². The van der Waals surface area contributed by atoms with Gasteiger partial charge in [0.2, 0.25) is 0 Å². The minimum atomic E-state index is -1.99. The van der Waals surface area contributed by atoms with E-state index in [1.807, 2.05) is 66.7 Å². The average molecular weight is 405 g/mol. The van der Waals surface area contributed by atoms with E-state index in [1.54, 1.807) is 29.2 Å². The van der Waals surface area contributed by atoms with Crippen LogP contribution in [0.1, 0.15) is 20.7 Å². The van der Waals surface area contributed by atoms with Gasteiger partial charge in [-0.05, 0) is 0 Å². The van der Waals surface area contributed by atoms with Crippen LogP contribution in [0.3, 0.4) is 0 Å². The van der Waals surface area contributed by atoms with Crippen molar-refractivity contribution in [1.29, 1.82) is 0 Å². The van der Waals surface area contributed by atoms with Gasteiger partial charge in [0, 0.05) is 0 Å². The van der Waals surface area contributed by atoms with Crippen LogP contribution in [-0.2, 0) is 0 Å². The maximum atomic E-state index is 13.3. The van der Waals surface area contributed by atoms with Gasteiger partial charge < -0.3 is 0 Å². The third kappa shape index (κ3) is 3.85. The zero-order valence-electron chi connectivity index (χ0n) is 14.2. The minimum absolute atomic E-state index is 0.215. The van der Waals surface area contributed by atoms with Crippen molar-refractivity contribution in [2.24, 2.45) is 0 Å². The van der Waals surface area contributed by atoms with Crippen molar-refractivity contribution in [2.45, 2.75) is 0 Å². The normalized spacial score (nSPS) is 11.4. The second-order valence-electron chi connectivity index (χ2n) is 5.54. The van der Waals surface area contributed by atoms with Gasteiger partial charge >= 0.3 is 157 Å². The molecular weight excluding hydrogens is 387 g/mol. The molecule has 128 valence electrons. The molecular formula is C23H18O2Se. The molecule has 1 atom stereocenters. The summed E-state index contributed by atoms with van der Waals surface area (Å²) in [5, 5.41) is 0. The Labute approximate surface area is 157 Å². The van der Waals surface area contributed by atoms with Crippen molar-refractivity contribution in [2.75, 3.05) is 0 Å². The van der Waals surface area contributed by atoms with Crippen molar-refractivity contribution in [3.8, 4) is 0 Å². The zero-order valence-corrected chi connectivity index (χ0v) is 15.9. The van der Waals surface area contributed by atoms with E-state index in [1.165, 1.54) is 0 Å². The summed E-state index contributed by atoms with van der Waals surface area (Å²) in [6.45, 7) is 3.94. The number of hydrogen-bond donors (Lipinski definition) is 0. The van der Waals surface area contributed by atoms with Crippen LogP contribution in [0.4, 0.5) is 0 Å². The monoisotopic (exact) mass is 406 g/mol. The van der Waals surface area contributed by atoms with Crippen molar-refractivity contribution >= 4 is 33.9 Å². The quantitative estimate of drug-likeness (QED) is 0.357. The van der Waals surface area contributed by atoms with Gasteiger partial charge in [0.15, 0.2) is 0 Å². The van der Waals surface area contributed by atoms with Crippen molar-refractivity contribution in [3.63, 3.8) is 0 Å². The van der Waals surface area contributed by atoms with E-state index in [0.29, 0.717) is 15.5 Å². The Morgan fingerprint density at radius 1 is 0.654 bits per heavy atom. The molecule has 1 unspecified atom stereocenters. The van der Waals surface area contributed by atoms with E-state index >= 15 is 0 Å². The Morgan fingerprint density at radius 2 is 1.04 bits per heavy atom. The molecule has 0 aliphatic carbocycles. The molecule has 0 N–H and O–H groups in total. The Kier molecular flexibility index (Phi) is 5.85. The molecule has 0 spiro atoms. The predicted octanol–water partition coefficient (Wildman–Crippen LogP) is 3.63. The molecule has 3 aromatic carbocycles. The number of carbonyl (C=O) groups is 2. The topological polar surface area (TPSA) is 34.1 Å². The van der Waals surface area contributed by atoms with Gasteiger partial charge in [0.05, 0.1) is 0 Å². The summed E-state index contributed by atoms with van der Waals surface area (Å²) >= 11 is -1.99. The van der Waals surface area contributed by atoms with Crippen LogP contribution in [0.25, 0.3) is 0 Å². The van der Waals surface area contributed by atoms with Crippen LogP contribution in [0.5, 0.6) is 0 Å². The molecule has 0 bridgehead atoms. The van der Waals surface area contributed by atoms with Gasteiger partial charge in [-0.1, -0.05) is 0 Å². The second kappa shape index (κ2) is 8.48. The SMILES string of the molecule is C=C[Se](=C(C(=O)c1ccccc1)C(=O)c1ccccc1)c1ccccc1. The van der Waals surface area contributed by atoms with E-state index in [9.17, 15) is 9.59 Å². The molecule has 0 heterocycles. The number of ketones is 2. The van der Waals surface area contributed by atoms with Crippen LogP contribution >= 0.6 is 0 Å². The first-order valence-electron chi connectivity index (χ1n) is 8.19. The van der Waals surface area contributed by atoms with Crippen LogP contribution in [-0.4, -0.2) is 29.4 Å². The third-order valence-corrected chi connectivity index (χ3v) is 7.90. The maximum absolute atomic E-state index is 13.3. The molecule has 2 nitrogen and oxygen atoms in total. The van der Waals surface area contributed by atoms with E-state index < -0.39 is 13.5 Å². The number of carbonyl (C=O) groups excluding carboxylic acids is 2. The molecule has 3 heteroatoms. The summed E-state index contributed by atoms with van der Waals surface area (Å²) in [7, 11) is 0. The van der Waals surface area contributed by atoms with E-state index in [4.69, 9.17) is 0 Å². The molecule has 0 aliphatic rings. The van der Waals surface area contributed by atoms with E-state index in [2.05, 4.69) is 6.58 Å². The number of benzene rings is 3. The van der Waals surface area contributed by atoms with E-state index in [-0.39, 0.29) is 11.6 Å². The summed E-state index contributed by atoms with van der Waals surface area (Å²) in [5.41, 5.74) is 1.05. The molecule has 3 rings (SSSR count). The van der Waals surface area contributed by atoms with Gasteiger partial charge in [-0.2, -0.15) is 0 Å². The average Bonchev–Trinajstić information content (AvgIpc) is 2.73. The molecule has 0 aliphatic heterocycles. The fraction of sp³-hybridized carbons (Fsp3) is 0. The number of Topliss-reactive ketones (excluding diaryl/α,β-unsaturated/α-hetero) is 2. The summed E-state index contributed by atoms with van der Waals surface area (Å²) in [6.07, 6.45) is 0. The Morgan fingerprint density at radius 3 is 1.42 bits per heavy atom. The fourth-order valence-corrected chi connectivity index (χ4v) is 6.13. The summed E-state index contributed by atoms with van der Waals surface area (Å²) in [4.78, 5) is 28.3. The van der Waals surface area contributed by atoms with Crippen molar-refractivity contribution in [3.05, 3.63) is 114 Å². The molecule has 0 aromatic heterocycles. The summed E-state index contributed by atoms with van der Waals surface area (Å²) in [5.74, 6) is -0.429. The third-order valence-electron chi connectivity index (χ3n) is 3.87. The number of hydrogen-bond acceptors (Lipinski definition) is 2. The first-order valence-corrected chi connectivity index (χ1v) is 10.9. The van der Waals surface area contributed by atoms with Gasteiger partial charge in [0.1, 0.15) is 0 Å². The predicted molar refractivity (Wildman–Crippen MR) is 109 cm³/mol. The molecule has 0 saturated heterocycles. The Hall–Kier alpha value is -2.87. The molecule has 0 fully saturated rings. The van der Waals surface area contributed by atoms with Gasteiger partial charge in [-0.3, -0.25) is 0 Å². The van der Waals surface area contributed by atoms with Crippen LogP contribution < -0.4 is 4.46 Å². The number of rotatable bonds is 6. The summed E-state index contributed by atoms with van der Waals surface area (Å²) in [6, 6.07) is 27.6. The fourth-order valence-electron chi connectivity index (χ4n) is 2.61. The molecule has 26 heavy (non-hydrogen) atoms. The molecule has 3 aromatic rings.